The Hall–Kier alpha value is -3.67. The topological polar surface area (TPSA) is 52.5 Å². The van der Waals surface area contributed by atoms with Gasteiger partial charge in [-0.2, -0.15) is 5.10 Å². The minimum absolute atomic E-state index is 0.0552. The first-order valence-corrected chi connectivity index (χ1v) is 13.8. The zero-order valence-electron chi connectivity index (χ0n) is 22.7. The summed E-state index contributed by atoms with van der Waals surface area (Å²) < 4.78 is 23.4. The molecule has 3 aromatic carbocycles. The van der Waals surface area contributed by atoms with E-state index >= 15 is 0 Å². The number of methoxy groups -OCH3 is 2. The molecule has 2 aliphatic rings. The summed E-state index contributed by atoms with van der Waals surface area (Å²) in [6.45, 7) is 3.00. The second-order valence-corrected chi connectivity index (χ2v) is 9.93. The Bertz CT molecular complexity index is 1220. The van der Waals surface area contributed by atoms with E-state index in [2.05, 4.69) is 42.3 Å². The maximum Gasteiger partial charge on any atom is 0.213 e. The quantitative estimate of drug-likeness (QED) is 0.232. The summed E-state index contributed by atoms with van der Waals surface area (Å²) in [5.41, 5.74) is 4.25. The Morgan fingerprint density at radius 1 is 0.816 bits per heavy atom. The van der Waals surface area contributed by atoms with Crippen LogP contribution in [0.1, 0.15) is 80.8 Å². The number of benzene rings is 3. The summed E-state index contributed by atoms with van der Waals surface area (Å²) in [5.74, 6) is 3.41. The van der Waals surface area contributed by atoms with E-state index in [9.17, 15) is 0 Å². The van der Waals surface area contributed by atoms with Gasteiger partial charge in [0.2, 0.25) is 6.23 Å². The normalized spacial score (nSPS) is 17.8. The smallest absolute Gasteiger partial charge is 0.213 e. The Kier molecular flexibility index (Phi) is 8.37. The van der Waals surface area contributed by atoms with E-state index < -0.39 is 0 Å². The number of hydrazone groups is 1. The van der Waals surface area contributed by atoms with E-state index in [4.69, 9.17) is 24.0 Å². The van der Waals surface area contributed by atoms with Gasteiger partial charge in [-0.1, -0.05) is 39.0 Å². The third-order valence-electron chi connectivity index (χ3n) is 7.35. The lowest BCUT2D eigenvalue weighted by Crippen LogP contribution is -2.33. The molecule has 2 aliphatic heterocycles. The van der Waals surface area contributed by atoms with Crippen LogP contribution in [-0.2, 0) is 0 Å². The molecule has 38 heavy (non-hydrogen) atoms. The van der Waals surface area contributed by atoms with Crippen LogP contribution >= 0.6 is 0 Å². The van der Waals surface area contributed by atoms with Crippen LogP contribution in [-0.4, -0.2) is 31.5 Å². The Labute approximate surface area is 226 Å². The summed E-state index contributed by atoms with van der Waals surface area (Å²) in [4.78, 5) is 0. The molecule has 0 amide bonds. The molecule has 0 aliphatic carbocycles. The minimum Gasteiger partial charge on any atom is -0.497 e. The highest BCUT2D eigenvalue weighted by molar-refractivity contribution is 6.02. The van der Waals surface area contributed by atoms with Gasteiger partial charge in [0.15, 0.2) is 0 Å². The van der Waals surface area contributed by atoms with E-state index in [1.807, 2.05) is 36.4 Å². The Morgan fingerprint density at radius 3 is 2.24 bits per heavy atom. The minimum atomic E-state index is -0.329. The fourth-order valence-electron chi connectivity index (χ4n) is 5.17. The molecule has 0 bridgehead atoms. The van der Waals surface area contributed by atoms with Crippen molar-refractivity contribution >= 4 is 5.71 Å². The molecule has 2 unspecified atom stereocenters. The van der Waals surface area contributed by atoms with Gasteiger partial charge >= 0.3 is 0 Å². The number of hydrogen-bond acceptors (Lipinski definition) is 6. The second kappa shape index (κ2) is 12.2. The molecule has 0 saturated carbocycles. The van der Waals surface area contributed by atoms with Gasteiger partial charge in [-0.05, 0) is 78.7 Å². The lowest BCUT2D eigenvalue weighted by Gasteiger charge is -2.38. The van der Waals surface area contributed by atoms with E-state index in [1.165, 1.54) is 32.1 Å². The predicted octanol–water partition coefficient (Wildman–Crippen LogP) is 7.69. The first-order chi connectivity index (χ1) is 18.7. The van der Waals surface area contributed by atoms with Gasteiger partial charge in [-0.25, -0.2) is 5.01 Å². The van der Waals surface area contributed by atoms with Crippen molar-refractivity contribution < 1.29 is 18.9 Å². The lowest BCUT2D eigenvalue weighted by molar-refractivity contribution is -0.0191. The first-order valence-electron chi connectivity index (χ1n) is 13.8. The average Bonchev–Trinajstić information content (AvgIpc) is 3.42. The number of nitrogens with zero attached hydrogens (tertiary/aromatic N) is 2. The van der Waals surface area contributed by atoms with Crippen molar-refractivity contribution in [2.75, 3.05) is 20.8 Å². The van der Waals surface area contributed by atoms with Gasteiger partial charge in [0, 0.05) is 17.5 Å². The van der Waals surface area contributed by atoms with Gasteiger partial charge in [-0.3, -0.25) is 0 Å². The number of hydrogen-bond donors (Lipinski definition) is 0. The molecule has 5 rings (SSSR count). The van der Waals surface area contributed by atoms with Gasteiger partial charge < -0.3 is 18.9 Å². The maximum atomic E-state index is 6.54. The van der Waals surface area contributed by atoms with E-state index in [-0.39, 0.29) is 12.3 Å². The Morgan fingerprint density at radius 2 is 1.50 bits per heavy atom. The van der Waals surface area contributed by atoms with Crippen LogP contribution in [0.3, 0.4) is 0 Å². The molecular formula is C32H38N2O4. The molecule has 200 valence electrons. The Balaban J connectivity index is 1.33. The van der Waals surface area contributed by atoms with Crippen molar-refractivity contribution in [2.24, 2.45) is 5.10 Å². The number of rotatable bonds is 12. The molecule has 0 spiro atoms. The predicted molar refractivity (Wildman–Crippen MR) is 150 cm³/mol. The molecule has 6 heteroatoms. The highest BCUT2D eigenvalue weighted by Gasteiger charge is 2.41. The van der Waals surface area contributed by atoms with Crippen LogP contribution in [0.5, 0.6) is 23.0 Å². The molecule has 0 aromatic heterocycles. The molecule has 0 fully saturated rings. The third kappa shape index (κ3) is 5.74. The van der Waals surface area contributed by atoms with Crippen molar-refractivity contribution in [3.05, 3.63) is 83.4 Å². The van der Waals surface area contributed by atoms with E-state index in [0.29, 0.717) is 0 Å². The van der Waals surface area contributed by atoms with Crippen LogP contribution < -0.4 is 18.9 Å². The van der Waals surface area contributed by atoms with Crippen molar-refractivity contribution in [1.29, 1.82) is 0 Å². The highest BCUT2D eigenvalue weighted by Crippen LogP contribution is 2.48. The fraction of sp³-hybridized carbons (Fsp3) is 0.406. The largest absolute Gasteiger partial charge is 0.497 e. The van der Waals surface area contributed by atoms with E-state index in [1.54, 1.807) is 14.2 Å². The van der Waals surface area contributed by atoms with Crippen LogP contribution in [0, 0.1) is 0 Å². The number of ether oxygens (including phenoxy) is 4. The SMILES string of the molecule is CCCCCCCCOc1ccc(C2Oc3ccc(OC)cc3C3CC(c4ccc(OC)cc4)=NN32)cc1. The fourth-order valence-corrected chi connectivity index (χ4v) is 5.17. The van der Waals surface area contributed by atoms with Crippen LogP contribution in [0.25, 0.3) is 0 Å². The number of fused-ring (bicyclic) bond motifs is 3. The lowest BCUT2D eigenvalue weighted by atomic mass is 9.95. The van der Waals surface area contributed by atoms with Gasteiger partial charge in [0.1, 0.15) is 23.0 Å². The zero-order valence-corrected chi connectivity index (χ0v) is 22.7. The molecule has 0 saturated heterocycles. The molecule has 3 aromatic rings. The maximum absolute atomic E-state index is 6.54. The summed E-state index contributed by atoms with van der Waals surface area (Å²) in [7, 11) is 3.37. The van der Waals surface area contributed by atoms with Crippen molar-refractivity contribution in [3.8, 4) is 23.0 Å². The molecule has 2 atom stereocenters. The summed E-state index contributed by atoms with van der Waals surface area (Å²) in [5, 5.41) is 7.16. The van der Waals surface area contributed by atoms with Gasteiger partial charge in [0.05, 0.1) is 32.6 Å². The zero-order chi connectivity index (χ0) is 26.3. The monoisotopic (exact) mass is 514 g/mol. The molecule has 0 radical (unpaired) electrons. The molecule has 0 N–H and O–H groups in total. The summed E-state index contributed by atoms with van der Waals surface area (Å²) >= 11 is 0. The van der Waals surface area contributed by atoms with Gasteiger partial charge in [0.25, 0.3) is 0 Å². The van der Waals surface area contributed by atoms with Crippen molar-refractivity contribution in [1.82, 2.24) is 5.01 Å². The van der Waals surface area contributed by atoms with Gasteiger partial charge in [-0.15, -0.1) is 0 Å². The highest BCUT2D eigenvalue weighted by atomic mass is 16.5. The van der Waals surface area contributed by atoms with Crippen LogP contribution in [0.2, 0.25) is 0 Å². The molecule has 6 nitrogen and oxygen atoms in total. The van der Waals surface area contributed by atoms with Crippen LogP contribution in [0.4, 0.5) is 0 Å². The van der Waals surface area contributed by atoms with Crippen molar-refractivity contribution in [3.63, 3.8) is 0 Å². The first kappa shape index (κ1) is 26.0. The molecular weight excluding hydrogens is 476 g/mol. The summed E-state index contributed by atoms with van der Waals surface area (Å²) in [6.07, 6.45) is 7.99. The second-order valence-electron chi connectivity index (χ2n) is 9.93. The van der Waals surface area contributed by atoms with E-state index in [0.717, 1.165) is 64.8 Å². The summed E-state index contributed by atoms with van der Waals surface area (Å²) in [6, 6.07) is 22.4. The van der Waals surface area contributed by atoms with Crippen molar-refractivity contribution in [2.45, 2.75) is 64.1 Å². The molecule has 2 heterocycles. The standard InChI is InChI=1S/C32H38N2O4/c1-4-5-6-7-8-9-20-37-26-16-12-24(13-17-26)32-34-30(28-21-27(36-3)18-19-31(28)38-32)22-29(33-34)23-10-14-25(35-2)15-11-23/h10-19,21,30,32H,4-9,20,22H2,1-3H3. The number of unbranched alkanes of at least 4 members (excludes halogenated alkanes) is 5. The third-order valence-corrected chi connectivity index (χ3v) is 7.35. The average molecular weight is 515 g/mol. The van der Waals surface area contributed by atoms with Crippen LogP contribution in [0.15, 0.2) is 71.8 Å².